The van der Waals surface area contributed by atoms with Gasteiger partial charge in [0, 0.05) is 0 Å². The molecule has 0 aliphatic rings. The molecule has 0 spiro atoms. The van der Waals surface area contributed by atoms with Gasteiger partial charge in [0.1, 0.15) is 5.52 Å². The van der Waals surface area contributed by atoms with Crippen molar-refractivity contribution in [3.05, 3.63) is 24.6 Å². The monoisotopic (exact) mass is 133 g/mol. The molecule has 10 heavy (non-hydrogen) atoms. The number of nitrogens with two attached hydrogens (primary N) is 1. The Hall–Kier alpha value is -1.51. The fourth-order valence-electron chi connectivity index (χ4n) is 0.859. The fourth-order valence-corrected chi connectivity index (χ4v) is 0.859. The SMILES string of the molecule is Nc1cccc2o[c]nc12. The lowest BCUT2D eigenvalue weighted by molar-refractivity contribution is 0.591. The van der Waals surface area contributed by atoms with E-state index in [1.807, 2.05) is 6.07 Å². The number of hydrogen-bond acceptors (Lipinski definition) is 3. The van der Waals surface area contributed by atoms with Crippen molar-refractivity contribution in [1.29, 1.82) is 0 Å². The van der Waals surface area contributed by atoms with Gasteiger partial charge >= 0.3 is 0 Å². The van der Waals surface area contributed by atoms with E-state index in [0.29, 0.717) is 16.8 Å². The lowest BCUT2D eigenvalue weighted by Crippen LogP contribution is -1.84. The Labute approximate surface area is 57.5 Å². The molecule has 49 valence electrons. The Morgan fingerprint density at radius 2 is 2.40 bits per heavy atom. The summed E-state index contributed by atoms with van der Waals surface area (Å²) < 4.78 is 4.88. The Balaban J connectivity index is 2.95. The molecule has 0 saturated carbocycles. The number of hydrogen-bond donors (Lipinski definition) is 1. The molecule has 1 aromatic heterocycles. The number of nitrogen functional groups attached to an aromatic ring is 1. The first-order chi connectivity index (χ1) is 4.88. The van der Waals surface area contributed by atoms with Gasteiger partial charge in [-0.3, -0.25) is 0 Å². The quantitative estimate of drug-likeness (QED) is 0.549. The highest BCUT2D eigenvalue weighted by Crippen LogP contribution is 2.17. The standard InChI is InChI=1S/C7H5N2O/c8-5-2-1-3-6-7(5)9-4-10-6/h1-3H,8H2. The lowest BCUT2D eigenvalue weighted by atomic mass is 10.3. The van der Waals surface area contributed by atoms with Crippen LogP contribution < -0.4 is 5.73 Å². The molecular weight excluding hydrogens is 128 g/mol. The van der Waals surface area contributed by atoms with Crippen LogP contribution in [0.3, 0.4) is 0 Å². The second kappa shape index (κ2) is 1.73. The van der Waals surface area contributed by atoms with E-state index in [4.69, 9.17) is 10.2 Å². The summed E-state index contributed by atoms with van der Waals surface area (Å²) in [7, 11) is 0. The maximum absolute atomic E-state index is 5.56. The van der Waals surface area contributed by atoms with E-state index in [-0.39, 0.29) is 0 Å². The third-order valence-electron chi connectivity index (χ3n) is 1.34. The molecule has 0 unspecified atom stereocenters. The summed E-state index contributed by atoms with van der Waals surface area (Å²) in [5.74, 6) is 0. The van der Waals surface area contributed by atoms with Crippen molar-refractivity contribution in [3.63, 3.8) is 0 Å². The molecule has 3 heteroatoms. The van der Waals surface area contributed by atoms with Gasteiger partial charge in [-0.2, -0.15) is 0 Å². The van der Waals surface area contributed by atoms with Crippen LogP contribution in [0.1, 0.15) is 0 Å². The highest BCUT2D eigenvalue weighted by atomic mass is 16.3. The first-order valence-electron chi connectivity index (χ1n) is 2.89. The molecule has 1 radical (unpaired) electrons. The predicted molar refractivity (Wildman–Crippen MR) is 37.3 cm³/mol. The van der Waals surface area contributed by atoms with Gasteiger partial charge in [0.15, 0.2) is 5.58 Å². The molecule has 0 fully saturated rings. The van der Waals surface area contributed by atoms with Gasteiger partial charge in [-0.15, -0.1) is 0 Å². The van der Waals surface area contributed by atoms with Crippen LogP contribution in [0.5, 0.6) is 0 Å². The molecule has 2 aromatic rings. The van der Waals surface area contributed by atoms with Crippen molar-refractivity contribution in [3.8, 4) is 0 Å². The van der Waals surface area contributed by atoms with Gasteiger partial charge in [0.2, 0.25) is 0 Å². The summed E-state index contributed by atoms with van der Waals surface area (Å²) in [4.78, 5) is 3.80. The molecule has 0 aliphatic carbocycles. The van der Waals surface area contributed by atoms with Crippen molar-refractivity contribution < 1.29 is 4.42 Å². The van der Waals surface area contributed by atoms with E-state index in [1.54, 1.807) is 12.1 Å². The Morgan fingerprint density at radius 1 is 1.50 bits per heavy atom. The zero-order valence-electron chi connectivity index (χ0n) is 5.16. The zero-order valence-corrected chi connectivity index (χ0v) is 5.16. The molecule has 0 aliphatic heterocycles. The first kappa shape index (κ1) is 5.29. The Morgan fingerprint density at radius 3 is 3.20 bits per heavy atom. The van der Waals surface area contributed by atoms with Crippen LogP contribution in [0.25, 0.3) is 11.1 Å². The van der Waals surface area contributed by atoms with Crippen LogP contribution in [0.2, 0.25) is 0 Å². The second-order valence-corrected chi connectivity index (χ2v) is 2.00. The molecular formula is C7H5N2O. The summed E-state index contributed by atoms with van der Waals surface area (Å²) in [6.07, 6.45) is 2.37. The van der Waals surface area contributed by atoms with Gasteiger partial charge in [-0.25, -0.2) is 4.98 Å². The van der Waals surface area contributed by atoms with Crippen LogP contribution in [-0.4, -0.2) is 4.98 Å². The van der Waals surface area contributed by atoms with Crippen molar-refractivity contribution >= 4 is 16.8 Å². The van der Waals surface area contributed by atoms with Crippen molar-refractivity contribution in [2.75, 3.05) is 5.73 Å². The van der Waals surface area contributed by atoms with E-state index in [0.717, 1.165) is 0 Å². The van der Waals surface area contributed by atoms with Crippen LogP contribution in [0.4, 0.5) is 5.69 Å². The molecule has 2 rings (SSSR count). The van der Waals surface area contributed by atoms with Crippen LogP contribution in [0.15, 0.2) is 22.6 Å². The van der Waals surface area contributed by atoms with E-state index in [2.05, 4.69) is 11.4 Å². The van der Waals surface area contributed by atoms with Gasteiger partial charge in [0.25, 0.3) is 6.39 Å². The number of fused-ring (bicyclic) bond motifs is 1. The molecule has 0 atom stereocenters. The van der Waals surface area contributed by atoms with Crippen LogP contribution >= 0.6 is 0 Å². The topological polar surface area (TPSA) is 52.0 Å². The average molecular weight is 133 g/mol. The van der Waals surface area contributed by atoms with E-state index in [9.17, 15) is 0 Å². The minimum Gasteiger partial charge on any atom is -0.432 e. The predicted octanol–water partition coefficient (Wildman–Crippen LogP) is 1.21. The third kappa shape index (κ3) is 0.572. The summed E-state index contributed by atoms with van der Waals surface area (Å²) in [5, 5.41) is 0. The van der Waals surface area contributed by atoms with Crippen molar-refractivity contribution in [1.82, 2.24) is 4.98 Å². The molecule has 0 bridgehead atoms. The Bertz CT molecular complexity index is 353. The molecule has 1 aromatic carbocycles. The summed E-state index contributed by atoms with van der Waals surface area (Å²) in [5.41, 5.74) is 7.55. The number of nitrogens with zero attached hydrogens (tertiary/aromatic N) is 1. The Kier molecular flexibility index (Phi) is 0.917. The van der Waals surface area contributed by atoms with Crippen LogP contribution in [-0.2, 0) is 0 Å². The zero-order chi connectivity index (χ0) is 6.97. The molecule has 2 N–H and O–H groups in total. The highest BCUT2D eigenvalue weighted by molar-refractivity contribution is 5.84. The summed E-state index contributed by atoms with van der Waals surface area (Å²) >= 11 is 0. The number of rotatable bonds is 0. The van der Waals surface area contributed by atoms with Gasteiger partial charge in [-0.05, 0) is 12.1 Å². The van der Waals surface area contributed by atoms with Gasteiger partial charge in [-0.1, -0.05) is 6.07 Å². The minimum absolute atomic E-state index is 0.627. The number of benzene rings is 1. The van der Waals surface area contributed by atoms with Gasteiger partial charge < -0.3 is 10.2 Å². The van der Waals surface area contributed by atoms with Crippen molar-refractivity contribution in [2.24, 2.45) is 0 Å². The maximum Gasteiger partial charge on any atom is 0.284 e. The van der Waals surface area contributed by atoms with E-state index in [1.165, 1.54) is 0 Å². The number of anilines is 1. The van der Waals surface area contributed by atoms with E-state index < -0.39 is 0 Å². The molecule has 0 amide bonds. The van der Waals surface area contributed by atoms with Crippen molar-refractivity contribution in [2.45, 2.75) is 0 Å². The molecule has 0 saturated heterocycles. The maximum atomic E-state index is 5.56. The van der Waals surface area contributed by atoms with Crippen LogP contribution in [0, 0.1) is 6.39 Å². The minimum atomic E-state index is 0.627. The van der Waals surface area contributed by atoms with Gasteiger partial charge in [0.05, 0.1) is 5.69 Å². The average Bonchev–Trinajstić information content (AvgIpc) is 2.36. The summed E-state index contributed by atoms with van der Waals surface area (Å²) in [6, 6.07) is 5.39. The normalized spacial score (nSPS) is 10.4. The second-order valence-electron chi connectivity index (χ2n) is 2.00. The number of aromatic nitrogens is 1. The smallest absolute Gasteiger partial charge is 0.284 e. The molecule has 3 nitrogen and oxygen atoms in total. The highest BCUT2D eigenvalue weighted by Gasteiger charge is 1.99. The molecule has 1 heterocycles. The lowest BCUT2D eigenvalue weighted by Gasteiger charge is -1.89. The third-order valence-corrected chi connectivity index (χ3v) is 1.34. The first-order valence-corrected chi connectivity index (χ1v) is 2.89. The number of oxazole rings is 1. The number of para-hydroxylation sites is 1. The largest absolute Gasteiger partial charge is 0.432 e. The summed E-state index contributed by atoms with van der Waals surface area (Å²) in [6.45, 7) is 0. The van der Waals surface area contributed by atoms with E-state index >= 15 is 0 Å². The fraction of sp³-hybridized carbons (Fsp3) is 0.